The molecule has 0 radical (unpaired) electrons. The highest BCUT2D eigenvalue weighted by Crippen LogP contribution is 2.27. The van der Waals surface area contributed by atoms with Gasteiger partial charge in [0.15, 0.2) is 6.04 Å². The minimum Gasteiger partial charge on any atom is -0.480 e. The molecule has 2 aromatic rings. The van der Waals surface area contributed by atoms with Crippen LogP contribution in [0.15, 0.2) is 67.3 Å². The molecular weight excluding hydrogens is 490 g/mol. The summed E-state index contributed by atoms with van der Waals surface area (Å²) in [6.45, 7) is 8.35. The highest BCUT2D eigenvalue weighted by Gasteiger charge is 2.41. The molecule has 10 heteroatoms. The van der Waals surface area contributed by atoms with Crippen LogP contribution >= 0.6 is 0 Å². The molecule has 0 saturated carbocycles. The van der Waals surface area contributed by atoms with Crippen LogP contribution in [0.3, 0.4) is 0 Å². The van der Waals surface area contributed by atoms with Gasteiger partial charge in [0.1, 0.15) is 18.8 Å². The number of nitrogens with one attached hydrogen (secondary N) is 1. The lowest BCUT2D eigenvalue weighted by Gasteiger charge is -2.39. The van der Waals surface area contributed by atoms with Crippen LogP contribution in [0.4, 0.5) is 15.3 Å². The molecule has 2 atom stereocenters. The molecule has 0 spiro atoms. The molecule has 1 aliphatic rings. The smallest absolute Gasteiger partial charge is 0.410 e. The van der Waals surface area contributed by atoms with E-state index in [1.54, 1.807) is 51.1 Å². The quantitative estimate of drug-likeness (QED) is 0.495. The van der Waals surface area contributed by atoms with Crippen LogP contribution in [0, 0.1) is 0 Å². The van der Waals surface area contributed by atoms with Crippen LogP contribution in [0.1, 0.15) is 44.4 Å². The molecular formula is C28H33N3O7. The normalized spacial score (nSPS) is 16.4. The van der Waals surface area contributed by atoms with E-state index in [0.29, 0.717) is 17.7 Å². The first-order valence-corrected chi connectivity index (χ1v) is 12.2. The van der Waals surface area contributed by atoms with Gasteiger partial charge in [0.2, 0.25) is 5.91 Å². The number of rotatable bonds is 8. The number of aliphatic carboxylic acids is 1. The van der Waals surface area contributed by atoms with Gasteiger partial charge in [0.25, 0.3) is 0 Å². The third-order valence-corrected chi connectivity index (χ3v) is 5.69. The van der Waals surface area contributed by atoms with Crippen molar-refractivity contribution in [2.24, 2.45) is 0 Å². The summed E-state index contributed by atoms with van der Waals surface area (Å²) in [5, 5.41) is 12.7. The molecule has 38 heavy (non-hydrogen) atoms. The minimum atomic E-state index is -1.32. The Kier molecular flexibility index (Phi) is 9.11. The lowest BCUT2D eigenvalue weighted by atomic mass is 10.0. The first-order valence-electron chi connectivity index (χ1n) is 12.2. The van der Waals surface area contributed by atoms with Crippen molar-refractivity contribution >= 4 is 29.8 Å². The average molecular weight is 524 g/mol. The Morgan fingerprint density at radius 2 is 1.87 bits per heavy atom. The number of hydrogen-bond acceptors (Lipinski definition) is 6. The van der Waals surface area contributed by atoms with Crippen molar-refractivity contribution in [3.63, 3.8) is 0 Å². The highest BCUT2D eigenvalue weighted by atomic mass is 16.6. The number of ether oxygens (including phenoxy) is 2. The van der Waals surface area contributed by atoms with Gasteiger partial charge in [-0.15, -0.1) is 6.58 Å². The highest BCUT2D eigenvalue weighted by molar-refractivity contribution is 6.03. The van der Waals surface area contributed by atoms with Gasteiger partial charge < -0.3 is 19.9 Å². The van der Waals surface area contributed by atoms with Crippen molar-refractivity contribution in [1.29, 1.82) is 0 Å². The maximum atomic E-state index is 13.1. The van der Waals surface area contributed by atoms with E-state index in [4.69, 9.17) is 9.47 Å². The zero-order valence-electron chi connectivity index (χ0n) is 21.8. The number of alkyl carbamates (subject to hydrolysis) is 1. The van der Waals surface area contributed by atoms with E-state index in [2.05, 4.69) is 11.9 Å². The van der Waals surface area contributed by atoms with Crippen molar-refractivity contribution in [1.82, 2.24) is 10.2 Å². The first-order chi connectivity index (χ1) is 18.0. The number of anilines is 1. The molecule has 0 bridgehead atoms. The third kappa shape index (κ3) is 7.58. The number of carboxylic acid groups (broad SMARTS) is 1. The minimum absolute atomic E-state index is 0.101. The maximum Gasteiger partial charge on any atom is 0.410 e. The number of carbonyl (C=O) groups excluding carboxylic acids is 3. The molecule has 10 nitrogen and oxygen atoms in total. The van der Waals surface area contributed by atoms with E-state index >= 15 is 0 Å². The Balaban J connectivity index is 1.77. The van der Waals surface area contributed by atoms with Gasteiger partial charge in [-0.2, -0.15) is 0 Å². The summed E-state index contributed by atoms with van der Waals surface area (Å²) >= 11 is 0. The number of piperazine rings is 1. The van der Waals surface area contributed by atoms with Crippen LogP contribution in [-0.4, -0.2) is 58.8 Å². The second-order valence-corrected chi connectivity index (χ2v) is 9.86. The van der Waals surface area contributed by atoms with Crippen molar-refractivity contribution < 1.29 is 33.8 Å². The molecule has 1 unspecified atom stereocenters. The molecule has 3 amide bonds. The number of carbonyl (C=O) groups is 4. The van der Waals surface area contributed by atoms with Crippen molar-refractivity contribution in [2.45, 2.75) is 51.5 Å². The molecule has 1 saturated heterocycles. The van der Waals surface area contributed by atoms with Crippen LogP contribution in [-0.2, 0) is 25.7 Å². The average Bonchev–Trinajstić information content (AvgIpc) is 2.86. The van der Waals surface area contributed by atoms with Crippen LogP contribution in [0.2, 0.25) is 0 Å². The molecule has 3 rings (SSSR count). The summed E-state index contributed by atoms with van der Waals surface area (Å²) in [5.41, 5.74) is 1.01. The van der Waals surface area contributed by atoms with E-state index < -0.39 is 41.7 Å². The maximum absolute atomic E-state index is 13.1. The predicted molar refractivity (Wildman–Crippen MR) is 140 cm³/mol. The zero-order chi connectivity index (χ0) is 27.9. The number of hydrogen-bond donors (Lipinski definition) is 2. The van der Waals surface area contributed by atoms with Crippen LogP contribution < -0.4 is 10.2 Å². The fourth-order valence-corrected chi connectivity index (χ4v) is 3.99. The van der Waals surface area contributed by atoms with E-state index in [-0.39, 0.29) is 19.7 Å². The Morgan fingerprint density at radius 3 is 2.50 bits per heavy atom. The second-order valence-electron chi connectivity index (χ2n) is 9.86. The monoisotopic (exact) mass is 523 g/mol. The van der Waals surface area contributed by atoms with Crippen LogP contribution in [0.5, 0.6) is 0 Å². The summed E-state index contributed by atoms with van der Waals surface area (Å²) < 4.78 is 10.7. The summed E-state index contributed by atoms with van der Waals surface area (Å²) in [6.07, 6.45) is 0.623. The molecule has 2 N–H and O–H groups in total. The van der Waals surface area contributed by atoms with E-state index in [1.165, 1.54) is 0 Å². The van der Waals surface area contributed by atoms with Crippen molar-refractivity contribution in [3.05, 3.63) is 78.4 Å². The second kappa shape index (κ2) is 12.3. The van der Waals surface area contributed by atoms with Crippen molar-refractivity contribution in [2.75, 3.05) is 18.0 Å². The lowest BCUT2D eigenvalue weighted by molar-refractivity contribution is -0.142. The third-order valence-electron chi connectivity index (χ3n) is 5.69. The Morgan fingerprint density at radius 1 is 1.16 bits per heavy atom. The number of benzene rings is 2. The lowest BCUT2D eigenvalue weighted by Crippen LogP contribution is -2.61. The molecule has 202 valence electrons. The van der Waals surface area contributed by atoms with Gasteiger partial charge in [-0.3, -0.25) is 14.6 Å². The van der Waals surface area contributed by atoms with E-state index in [9.17, 15) is 24.3 Å². The van der Waals surface area contributed by atoms with Gasteiger partial charge in [-0.05, 0) is 50.5 Å². The van der Waals surface area contributed by atoms with E-state index in [1.807, 2.05) is 30.3 Å². The molecule has 1 aliphatic heterocycles. The standard InChI is InChI=1S/C28H33N3O7/c1-5-10-22(29-26(35)37-18-19-11-7-6-8-12-19)20-13-9-14-21(15-20)31-23(25(33)34)16-30(17-24(31)32)27(36)38-28(2,3)4/h5-9,11-15,22-23H,1,10,16-18H2,2-4H3,(H,29,35)(H,33,34)/t22-,23?/m0/s1. The van der Waals surface area contributed by atoms with Gasteiger partial charge in [0.05, 0.1) is 12.6 Å². The molecule has 1 heterocycles. The van der Waals surface area contributed by atoms with Gasteiger partial charge in [-0.1, -0.05) is 48.5 Å². The van der Waals surface area contributed by atoms with Gasteiger partial charge >= 0.3 is 18.2 Å². The molecule has 1 fully saturated rings. The Hall–Kier alpha value is -4.34. The molecule has 0 aliphatic carbocycles. The Bertz CT molecular complexity index is 1180. The first kappa shape index (κ1) is 28.2. The largest absolute Gasteiger partial charge is 0.480 e. The van der Waals surface area contributed by atoms with Crippen LogP contribution in [0.25, 0.3) is 0 Å². The number of nitrogens with zero attached hydrogens (tertiary/aromatic N) is 2. The van der Waals surface area contributed by atoms with Gasteiger partial charge in [0, 0.05) is 5.69 Å². The van der Waals surface area contributed by atoms with Crippen molar-refractivity contribution in [3.8, 4) is 0 Å². The molecule has 0 aromatic heterocycles. The molecule has 2 aromatic carbocycles. The SMILES string of the molecule is C=CC[C@H](NC(=O)OCc1ccccc1)c1cccc(N2C(=O)CN(C(=O)OC(C)(C)C)CC2C(=O)O)c1. The van der Waals surface area contributed by atoms with E-state index in [0.717, 1.165) is 15.4 Å². The summed E-state index contributed by atoms with van der Waals surface area (Å²) in [6, 6.07) is 14.1. The fraction of sp³-hybridized carbons (Fsp3) is 0.357. The number of amides is 3. The fourth-order valence-electron chi connectivity index (χ4n) is 3.99. The predicted octanol–water partition coefficient (Wildman–Crippen LogP) is 4.27. The summed E-state index contributed by atoms with van der Waals surface area (Å²) in [7, 11) is 0. The summed E-state index contributed by atoms with van der Waals surface area (Å²) in [5.74, 6) is -1.83. The Labute approximate surface area is 221 Å². The summed E-state index contributed by atoms with van der Waals surface area (Å²) in [4.78, 5) is 52.5. The number of carboxylic acids is 1. The topological polar surface area (TPSA) is 125 Å². The zero-order valence-corrected chi connectivity index (χ0v) is 21.8. The van der Waals surface area contributed by atoms with Gasteiger partial charge in [-0.25, -0.2) is 14.4 Å².